The third-order valence-corrected chi connectivity index (χ3v) is 4.72. The van der Waals surface area contributed by atoms with Crippen LogP contribution in [0.4, 0.5) is 0 Å². The van der Waals surface area contributed by atoms with E-state index in [1.165, 1.54) is 43.2 Å². The normalized spacial score (nSPS) is 18.7. The molecule has 0 aromatic heterocycles. The van der Waals surface area contributed by atoms with Crippen LogP contribution in [0.1, 0.15) is 55.7 Å². The van der Waals surface area contributed by atoms with Gasteiger partial charge in [-0.25, -0.2) is 0 Å². The van der Waals surface area contributed by atoms with Gasteiger partial charge >= 0.3 is 0 Å². The monoisotopic (exact) mass is 289 g/mol. The molecule has 1 saturated carbocycles. The van der Waals surface area contributed by atoms with Crippen molar-refractivity contribution in [1.82, 2.24) is 5.32 Å². The molecule has 4 N–H and O–H groups in total. The molecule has 116 valence electrons. The third-order valence-electron chi connectivity index (χ3n) is 4.72. The maximum atomic E-state index is 8.72. The lowest BCUT2D eigenvalue weighted by Gasteiger charge is -2.28. The Kier molecular flexibility index (Phi) is 5.62. The van der Waals surface area contributed by atoms with Crippen LogP contribution in [0.25, 0.3) is 0 Å². The van der Waals surface area contributed by atoms with Crippen molar-refractivity contribution in [2.75, 3.05) is 0 Å². The number of rotatable bonds is 5. The van der Waals surface area contributed by atoms with E-state index in [1.54, 1.807) is 0 Å². The summed E-state index contributed by atoms with van der Waals surface area (Å²) in [7, 11) is 0. The molecule has 1 aromatic carbocycles. The number of nitrogens with two attached hydrogens (primary N) is 1. The minimum absolute atomic E-state index is 0.160. The molecule has 1 aliphatic carbocycles. The number of hydrogen-bond donors (Lipinski definition) is 3. The van der Waals surface area contributed by atoms with Gasteiger partial charge in [0.2, 0.25) is 0 Å². The Morgan fingerprint density at radius 1 is 1.38 bits per heavy atom. The number of hydrogen-bond acceptors (Lipinski definition) is 3. The summed E-state index contributed by atoms with van der Waals surface area (Å²) < 4.78 is 0. The summed E-state index contributed by atoms with van der Waals surface area (Å²) in [6.07, 6.45) is 6.87. The number of benzene rings is 1. The minimum Gasteiger partial charge on any atom is -0.409 e. The van der Waals surface area contributed by atoms with Crippen molar-refractivity contribution < 1.29 is 5.21 Å². The van der Waals surface area contributed by atoms with Gasteiger partial charge in [-0.1, -0.05) is 36.6 Å². The largest absolute Gasteiger partial charge is 0.409 e. The molecule has 21 heavy (non-hydrogen) atoms. The highest BCUT2D eigenvalue weighted by atomic mass is 16.4. The predicted molar refractivity (Wildman–Crippen MR) is 86.6 cm³/mol. The Morgan fingerprint density at radius 3 is 2.71 bits per heavy atom. The zero-order valence-electron chi connectivity index (χ0n) is 13.1. The van der Waals surface area contributed by atoms with Crippen molar-refractivity contribution in [2.24, 2.45) is 16.8 Å². The summed E-state index contributed by atoms with van der Waals surface area (Å²) in [6, 6.07) is 6.50. The van der Waals surface area contributed by atoms with Crippen LogP contribution in [0, 0.1) is 12.8 Å². The molecule has 4 nitrogen and oxygen atoms in total. The fraction of sp³-hybridized carbons (Fsp3) is 0.588. The second-order valence-electron chi connectivity index (χ2n) is 6.19. The van der Waals surface area contributed by atoms with Crippen LogP contribution in [0.3, 0.4) is 0 Å². The first kappa shape index (κ1) is 15.8. The first-order valence-corrected chi connectivity index (χ1v) is 7.92. The molecular formula is C17H27N3O. The molecule has 0 aliphatic heterocycles. The highest BCUT2D eigenvalue weighted by Gasteiger charge is 2.19. The number of oxime groups is 1. The first-order valence-electron chi connectivity index (χ1n) is 7.92. The quantitative estimate of drug-likeness (QED) is 0.337. The number of aryl methyl sites for hydroxylation is 1. The molecule has 0 amide bonds. The number of nitrogens with zero attached hydrogens (tertiary/aromatic N) is 1. The summed E-state index contributed by atoms with van der Waals surface area (Å²) in [5.74, 6) is 0.976. The molecule has 0 spiro atoms. The summed E-state index contributed by atoms with van der Waals surface area (Å²) in [5.41, 5.74) is 8.82. The summed E-state index contributed by atoms with van der Waals surface area (Å²) in [4.78, 5) is 0. The van der Waals surface area contributed by atoms with E-state index in [4.69, 9.17) is 10.9 Å². The molecule has 0 saturated heterocycles. The van der Waals surface area contributed by atoms with Crippen molar-refractivity contribution in [2.45, 2.75) is 58.5 Å². The van der Waals surface area contributed by atoms with Gasteiger partial charge < -0.3 is 16.3 Å². The molecule has 1 aromatic rings. The van der Waals surface area contributed by atoms with Crippen molar-refractivity contribution in [3.05, 3.63) is 34.9 Å². The lowest BCUT2D eigenvalue weighted by atomic mass is 9.84. The number of amidine groups is 1. The van der Waals surface area contributed by atoms with Gasteiger partial charge in [-0.2, -0.15) is 0 Å². The van der Waals surface area contributed by atoms with Crippen molar-refractivity contribution in [1.29, 1.82) is 0 Å². The van der Waals surface area contributed by atoms with Crippen LogP contribution in [0.2, 0.25) is 0 Å². The van der Waals surface area contributed by atoms with Crippen molar-refractivity contribution in [3.8, 4) is 0 Å². The first-order chi connectivity index (χ1) is 10.1. The minimum atomic E-state index is 0.160. The smallest absolute Gasteiger partial charge is 0.170 e. The van der Waals surface area contributed by atoms with E-state index < -0.39 is 0 Å². The van der Waals surface area contributed by atoms with E-state index in [1.807, 2.05) is 12.1 Å². The fourth-order valence-corrected chi connectivity index (χ4v) is 3.18. The maximum Gasteiger partial charge on any atom is 0.170 e. The van der Waals surface area contributed by atoms with Gasteiger partial charge in [0.1, 0.15) is 0 Å². The van der Waals surface area contributed by atoms with E-state index >= 15 is 0 Å². The molecule has 4 heteroatoms. The van der Waals surface area contributed by atoms with Crippen LogP contribution in [0.15, 0.2) is 23.4 Å². The fourth-order valence-electron chi connectivity index (χ4n) is 3.18. The van der Waals surface area contributed by atoms with Crippen LogP contribution >= 0.6 is 0 Å². The molecule has 1 atom stereocenters. The van der Waals surface area contributed by atoms with E-state index in [2.05, 4.69) is 30.4 Å². The van der Waals surface area contributed by atoms with Gasteiger partial charge in [0.05, 0.1) is 0 Å². The zero-order valence-corrected chi connectivity index (χ0v) is 13.1. The summed E-state index contributed by atoms with van der Waals surface area (Å²) >= 11 is 0. The highest BCUT2D eigenvalue weighted by molar-refractivity contribution is 5.97. The average Bonchev–Trinajstić information content (AvgIpc) is 2.53. The van der Waals surface area contributed by atoms with Gasteiger partial charge in [0, 0.05) is 18.2 Å². The van der Waals surface area contributed by atoms with Crippen molar-refractivity contribution >= 4 is 5.84 Å². The Hall–Kier alpha value is -1.55. The highest BCUT2D eigenvalue weighted by Crippen LogP contribution is 2.26. The topological polar surface area (TPSA) is 70.6 Å². The third kappa shape index (κ3) is 4.21. The van der Waals surface area contributed by atoms with Gasteiger partial charge in [-0.05, 0) is 49.8 Å². The van der Waals surface area contributed by atoms with Crippen LogP contribution in [-0.4, -0.2) is 17.1 Å². The van der Waals surface area contributed by atoms with Crippen molar-refractivity contribution in [3.63, 3.8) is 0 Å². The van der Waals surface area contributed by atoms with Gasteiger partial charge in [-0.3, -0.25) is 0 Å². The van der Waals surface area contributed by atoms with Crippen LogP contribution < -0.4 is 11.1 Å². The molecule has 0 heterocycles. The zero-order chi connectivity index (χ0) is 15.2. The second kappa shape index (κ2) is 7.46. The SMILES string of the molecule is Cc1cc(/C(N)=N/O)ccc1CN[C@H](C)C1CCCCC1. The Balaban J connectivity index is 1.93. The Bertz CT molecular complexity index is 493. The predicted octanol–water partition coefficient (Wildman–Crippen LogP) is 3.15. The Labute approximate surface area is 127 Å². The van der Waals surface area contributed by atoms with E-state index in [-0.39, 0.29) is 5.84 Å². The lowest BCUT2D eigenvalue weighted by molar-refractivity contribution is 0.280. The molecule has 0 bridgehead atoms. The van der Waals surface area contributed by atoms with Gasteiger partial charge in [-0.15, -0.1) is 0 Å². The molecule has 0 radical (unpaired) electrons. The standard InChI is InChI=1S/C17H27N3O/c1-12-10-15(17(18)20-21)8-9-16(12)11-19-13(2)14-6-4-3-5-7-14/h8-10,13-14,19,21H,3-7,11H2,1-2H3,(H2,18,20)/t13-/m1/s1. The van der Waals surface area contributed by atoms with Gasteiger partial charge in [0.25, 0.3) is 0 Å². The van der Waals surface area contributed by atoms with Gasteiger partial charge in [0.15, 0.2) is 5.84 Å². The van der Waals surface area contributed by atoms with Crippen LogP contribution in [-0.2, 0) is 6.54 Å². The molecule has 1 aliphatic rings. The summed E-state index contributed by atoms with van der Waals surface area (Å²) in [5, 5.41) is 15.4. The van der Waals surface area contributed by atoms with E-state index in [9.17, 15) is 0 Å². The molecule has 0 unspecified atom stereocenters. The summed E-state index contributed by atoms with van der Waals surface area (Å²) in [6.45, 7) is 5.24. The molecule has 1 fully saturated rings. The van der Waals surface area contributed by atoms with E-state index in [0.29, 0.717) is 6.04 Å². The molecular weight excluding hydrogens is 262 g/mol. The number of nitrogens with one attached hydrogen (secondary N) is 1. The molecule has 2 rings (SSSR count). The maximum absolute atomic E-state index is 8.72. The van der Waals surface area contributed by atoms with E-state index in [0.717, 1.165) is 18.0 Å². The van der Waals surface area contributed by atoms with Crippen LogP contribution in [0.5, 0.6) is 0 Å². The average molecular weight is 289 g/mol. The Morgan fingerprint density at radius 2 is 2.10 bits per heavy atom. The second-order valence-corrected chi connectivity index (χ2v) is 6.19. The lowest BCUT2D eigenvalue weighted by Crippen LogP contribution is -2.34.